The van der Waals surface area contributed by atoms with Crippen molar-refractivity contribution in [1.82, 2.24) is 0 Å². The second-order valence-corrected chi connectivity index (χ2v) is 7.64. The molecule has 0 aliphatic heterocycles. The molecule has 0 aromatic heterocycles. The lowest BCUT2D eigenvalue weighted by Crippen LogP contribution is -2.30. The molecule has 1 aliphatic rings. The molecule has 7 nitrogen and oxygen atoms in total. The first-order valence-electron chi connectivity index (χ1n) is 5.63. The lowest BCUT2D eigenvalue weighted by Gasteiger charge is -2.27. The van der Waals surface area contributed by atoms with E-state index in [1.54, 1.807) is 12.2 Å². The van der Waals surface area contributed by atoms with Crippen molar-refractivity contribution in [1.29, 1.82) is 0 Å². The van der Waals surface area contributed by atoms with Crippen molar-refractivity contribution >= 4 is 25.9 Å². The lowest BCUT2D eigenvalue weighted by molar-refractivity contribution is 0.0547. The third kappa shape index (κ3) is 5.95. The van der Waals surface area contributed by atoms with Crippen LogP contribution >= 0.6 is 0 Å². The third-order valence-electron chi connectivity index (χ3n) is 2.51. The molecule has 0 atom stereocenters. The van der Waals surface area contributed by atoms with E-state index in [9.17, 15) is 16.8 Å². The molecular formula is C11H17NO6S2. The summed E-state index contributed by atoms with van der Waals surface area (Å²) in [5, 5.41) is 0. The van der Waals surface area contributed by atoms with Crippen molar-refractivity contribution in [2.45, 2.75) is 12.0 Å². The molecule has 1 aliphatic carbocycles. The largest absolute Gasteiger partial charge is 0.370 e. The van der Waals surface area contributed by atoms with Gasteiger partial charge in [0.25, 0.3) is 20.1 Å². The van der Waals surface area contributed by atoms with Gasteiger partial charge in [0.05, 0.1) is 24.8 Å². The number of nitrogens with zero attached hydrogens (tertiary/aromatic N) is 1. The maximum atomic E-state index is 11.0. The highest BCUT2D eigenvalue weighted by atomic mass is 32.2. The molecule has 0 radical (unpaired) electrons. The van der Waals surface area contributed by atoms with Crippen LogP contribution < -0.4 is 0 Å². The van der Waals surface area contributed by atoms with Crippen LogP contribution in [-0.2, 0) is 29.1 Å². The maximum absolute atomic E-state index is 11.0. The summed E-state index contributed by atoms with van der Waals surface area (Å²) in [6.07, 6.45) is 8.48. The van der Waals surface area contributed by atoms with Crippen LogP contribution in [0.3, 0.4) is 0 Å². The normalized spacial score (nSPS) is 23.1. The van der Waals surface area contributed by atoms with E-state index in [2.05, 4.69) is 8.58 Å². The quantitative estimate of drug-likeness (QED) is 0.650. The minimum Gasteiger partial charge on any atom is -0.370 e. The minimum absolute atomic E-state index is 0.0418. The maximum Gasteiger partial charge on any atom is 0.264 e. The Hall–Kier alpha value is -1.03. The van der Waals surface area contributed by atoms with Crippen LogP contribution in [0.4, 0.5) is 0 Å². The van der Waals surface area contributed by atoms with Gasteiger partial charge >= 0.3 is 0 Å². The fourth-order valence-electron chi connectivity index (χ4n) is 1.57. The average molecular weight is 323 g/mol. The van der Waals surface area contributed by atoms with Gasteiger partial charge in [-0.2, -0.15) is 12.8 Å². The lowest BCUT2D eigenvalue weighted by atomic mass is 9.94. The molecule has 0 amide bonds. The predicted molar refractivity (Wildman–Crippen MR) is 75.7 cm³/mol. The first kappa shape index (κ1) is 17.0. The van der Waals surface area contributed by atoms with Crippen LogP contribution in [0.5, 0.6) is 0 Å². The Bertz CT molecular complexity index is 626. The molecule has 0 bridgehead atoms. The van der Waals surface area contributed by atoms with Crippen LogP contribution in [0.15, 0.2) is 28.7 Å². The third-order valence-corrected chi connectivity index (χ3v) is 3.65. The van der Waals surface area contributed by atoms with Gasteiger partial charge in [-0.05, 0) is 24.3 Å². The summed E-state index contributed by atoms with van der Waals surface area (Å²) >= 11 is 0. The van der Waals surface area contributed by atoms with E-state index in [0.717, 1.165) is 12.5 Å². The molecule has 0 unspecified atom stereocenters. The molecule has 0 aromatic carbocycles. The van der Waals surface area contributed by atoms with E-state index >= 15 is 0 Å². The van der Waals surface area contributed by atoms with Crippen molar-refractivity contribution in [3.63, 3.8) is 0 Å². The smallest absolute Gasteiger partial charge is 0.264 e. The van der Waals surface area contributed by atoms with Crippen LogP contribution in [-0.4, -0.2) is 54.4 Å². The zero-order valence-corrected chi connectivity index (χ0v) is 13.1. The summed E-state index contributed by atoms with van der Waals surface area (Å²) in [7, 11) is -5.50. The average Bonchev–Trinajstić information content (AvgIpc) is 2.28. The molecule has 1 rings (SSSR count). The number of hydrogen-bond acceptors (Lipinski definition) is 6. The summed E-state index contributed by atoms with van der Waals surface area (Å²) in [4.78, 5) is 0. The number of methoxy groups -OCH3 is 1. The van der Waals surface area contributed by atoms with E-state index in [0.29, 0.717) is 0 Å². The highest BCUT2D eigenvalue weighted by Crippen LogP contribution is 2.23. The highest BCUT2D eigenvalue weighted by Gasteiger charge is 2.26. The highest BCUT2D eigenvalue weighted by molar-refractivity contribution is 7.89. The molecule has 0 saturated heterocycles. The topological polar surface area (TPSA) is 99.1 Å². The number of allylic oxidation sites excluding steroid dienone is 2. The fraction of sp³-hybridized carbons (Fsp3) is 0.545. The molecule has 114 valence electrons. The van der Waals surface area contributed by atoms with Crippen molar-refractivity contribution < 1.29 is 25.8 Å². The molecule has 0 fully saturated rings. The zero-order chi connectivity index (χ0) is 15.4. The summed E-state index contributed by atoms with van der Waals surface area (Å²) in [5.41, 5.74) is -0.550. The second-order valence-electron chi connectivity index (χ2n) is 4.35. The molecule has 0 spiro atoms. The van der Waals surface area contributed by atoms with Gasteiger partial charge in [0.15, 0.2) is 0 Å². The predicted octanol–water partition coefficient (Wildman–Crippen LogP) is 0.265. The van der Waals surface area contributed by atoms with Gasteiger partial charge in [0.1, 0.15) is 5.60 Å². The summed E-state index contributed by atoms with van der Waals surface area (Å²) in [5.74, 6) is 0. The fourth-order valence-corrected chi connectivity index (χ4v) is 2.46. The van der Waals surface area contributed by atoms with Gasteiger partial charge < -0.3 is 4.74 Å². The van der Waals surface area contributed by atoms with Crippen molar-refractivity contribution in [3.05, 3.63) is 24.3 Å². The van der Waals surface area contributed by atoms with Gasteiger partial charge in [-0.1, -0.05) is 0 Å². The number of ether oxygens (including phenoxy) is 1. The zero-order valence-electron chi connectivity index (χ0n) is 11.4. The number of sulfonamides is 1. The first-order valence-corrected chi connectivity index (χ1v) is 9.30. The van der Waals surface area contributed by atoms with Gasteiger partial charge in [0, 0.05) is 13.5 Å². The summed E-state index contributed by atoms with van der Waals surface area (Å²) < 4.78 is 57.4. The van der Waals surface area contributed by atoms with Crippen molar-refractivity contribution in [3.8, 4) is 0 Å². The molecule has 0 N–H and O–H groups in total. The van der Waals surface area contributed by atoms with E-state index < -0.39 is 25.7 Å². The molecule has 9 heteroatoms. The van der Waals surface area contributed by atoms with Crippen molar-refractivity contribution in [2.24, 2.45) is 4.40 Å². The second kappa shape index (κ2) is 6.17. The van der Waals surface area contributed by atoms with Crippen LogP contribution in [0.2, 0.25) is 0 Å². The van der Waals surface area contributed by atoms with Crippen LogP contribution in [0.1, 0.15) is 6.42 Å². The Morgan fingerprint density at radius 3 is 2.10 bits per heavy atom. The van der Waals surface area contributed by atoms with E-state index in [1.165, 1.54) is 19.3 Å². The molecule has 0 heterocycles. The monoisotopic (exact) mass is 323 g/mol. The summed E-state index contributed by atoms with van der Waals surface area (Å²) in [6, 6.07) is 0. The standard InChI is InChI=1S/C11H17NO6S2/c1-17-11(8-9-18-20(3,15)16)6-4-10(5-7-11)12-19(2,13)14/h4-7H,8-9H2,1-3H3. The SMILES string of the molecule is COC1(CCOS(C)(=O)=O)C=CC(=NS(C)(=O)=O)C=C1. The van der Waals surface area contributed by atoms with Crippen molar-refractivity contribution in [2.75, 3.05) is 26.2 Å². The van der Waals surface area contributed by atoms with Gasteiger partial charge in [0.2, 0.25) is 0 Å². The van der Waals surface area contributed by atoms with E-state index in [4.69, 9.17) is 4.74 Å². The molecule has 0 aromatic rings. The molecule has 0 saturated carbocycles. The first-order chi connectivity index (χ1) is 9.05. The Labute approximate surface area is 119 Å². The van der Waals surface area contributed by atoms with Crippen LogP contribution in [0, 0.1) is 0 Å². The Morgan fingerprint density at radius 1 is 1.15 bits per heavy atom. The van der Waals surface area contributed by atoms with Gasteiger partial charge in [-0.15, -0.1) is 0 Å². The minimum atomic E-state index is -3.50. The summed E-state index contributed by atoms with van der Waals surface area (Å²) in [6.45, 7) is -0.0418. The Kier molecular flexibility index (Phi) is 5.25. The number of hydrogen-bond donors (Lipinski definition) is 0. The Morgan fingerprint density at radius 2 is 1.70 bits per heavy atom. The number of rotatable bonds is 6. The van der Waals surface area contributed by atoms with Gasteiger partial charge in [-0.3, -0.25) is 4.18 Å². The molecule has 20 heavy (non-hydrogen) atoms. The van der Waals surface area contributed by atoms with E-state index in [1.807, 2.05) is 0 Å². The van der Waals surface area contributed by atoms with Gasteiger partial charge in [-0.25, -0.2) is 8.42 Å². The Balaban J connectivity index is 2.78. The molecular weight excluding hydrogens is 306 g/mol. The van der Waals surface area contributed by atoms with E-state index in [-0.39, 0.29) is 18.7 Å². The van der Waals surface area contributed by atoms with Crippen LogP contribution in [0.25, 0.3) is 0 Å².